The Hall–Kier alpha value is -2.91. The summed E-state index contributed by atoms with van der Waals surface area (Å²) in [6.07, 6.45) is 10.9. The maximum Gasteiger partial charge on any atom is 0.120 e. The average Bonchev–Trinajstić information content (AvgIpc) is 3.45. The number of rotatable bonds is 12. The highest BCUT2D eigenvalue weighted by molar-refractivity contribution is 8.93. The van der Waals surface area contributed by atoms with Crippen LogP contribution in [0.2, 0.25) is 0 Å². The fourth-order valence-corrected chi connectivity index (χ4v) is 4.94. The molecule has 0 bridgehead atoms. The predicted octanol–water partition coefficient (Wildman–Crippen LogP) is 4.74. The van der Waals surface area contributed by atoms with Crippen LogP contribution in [0.3, 0.4) is 0 Å². The molecule has 37 heavy (non-hydrogen) atoms. The summed E-state index contributed by atoms with van der Waals surface area (Å²) in [6.45, 7) is 5.11. The SMILES string of the molecule is Br.c1ccc(CNCc2ccc(CN(CCNCc3ncc[nH]3)C3CCCc4cccnc43)cc2)nc1. The van der Waals surface area contributed by atoms with Gasteiger partial charge in [0.05, 0.1) is 24.0 Å². The van der Waals surface area contributed by atoms with Gasteiger partial charge >= 0.3 is 0 Å². The number of halogens is 1. The van der Waals surface area contributed by atoms with Gasteiger partial charge in [-0.3, -0.25) is 14.9 Å². The summed E-state index contributed by atoms with van der Waals surface area (Å²) < 4.78 is 0. The topological polar surface area (TPSA) is 81.8 Å². The molecule has 3 heterocycles. The molecular formula is C29H36BrN7. The molecule has 5 rings (SSSR count). The average molecular weight is 563 g/mol. The van der Waals surface area contributed by atoms with Crippen LogP contribution in [-0.4, -0.2) is 37.9 Å². The molecule has 1 atom stereocenters. The zero-order valence-corrected chi connectivity index (χ0v) is 22.9. The van der Waals surface area contributed by atoms with E-state index in [9.17, 15) is 0 Å². The minimum absolute atomic E-state index is 0. The van der Waals surface area contributed by atoms with E-state index in [0.29, 0.717) is 6.04 Å². The first-order valence-corrected chi connectivity index (χ1v) is 12.9. The lowest BCUT2D eigenvalue weighted by Crippen LogP contribution is -2.36. The van der Waals surface area contributed by atoms with Crippen molar-refractivity contribution in [2.75, 3.05) is 13.1 Å². The fourth-order valence-electron chi connectivity index (χ4n) is 4.94. The molecule has 0 saturated heterocycles. The Kier molecular flexibility index (Phi) is 10.4. The summed E-state index contributed by atoms with van der Waals surface area (Å²) in [7, 11) is 0. The molecule has 1 aromatic carbocycles. The molecule has 0 fully saturated rings. The van der Waals surface area contributed by atoms with E-state index in [4.69, 9.17) is 4.98 Å². The van der Waals surface area contributed by atoms with E-state index in [1.807, 2.05) is 36.8 Å². The van der Waals surface area contributed by atoms with Gasteiger partial charge in [-0.2, -0.15) is 0 Å². The zero-order valence-electron chi connectivity index (χ0n) is 21.1. The highest BCUT2D eigenvalue weighted by Gasteiger charge is 2.27. The van der Waals surface area contributed by atoms with Gasteiger partial charge in [-0.05, 0) is 54.2 Å². The lowest BCUT2D eigenvalue weighted by atomic mass is 9.90. The van der Waals surface area contributed by atoms with Crippen molar-refractivity contribution in [3.8, 4) is 0 Å². The maximum atomic E-state index is 4.81. The van der Waals surface area contributed by atoms with Crippen molar-refractivity contribution in [3.63, 3.8) is 0 Å². The molecule has 1 unspecified atom stereocenters. The van der Waals surface area contributed by atoms with Gasteiger partial charge in [-0.25, -0.2) is 4.98 Å². The van der Waals surface area contributed by atoms with E-state index < -0.39 is 0 Å². The van der Waals surface area contributed by atoms with Gasteiger partial charge < -0.3 is 15.6 Å². The first-order chi connectivity index (χ1) is 17.8. The summed E-state index contributed by atoms with van der Waals surface area (Å²) in [4.78, 5) is 19.3. The molecular weight excluding hydrogens is 526 g/mol. The number of H-pyrrole nitrogens is 1. The number of aryl methyl sites for hydroxylation is 1. The van der Waals surface area contributed by atoms with Crippen molar-refractivity contribution in [1.82, 2.24) is 35.5 Å². The van der Waals surface area contributed by atoms with E-state index in [2.05, 4.69) is 66.9 Å². The van der Waals surface area contributed by atoms with Gasteiger partial charge in [0.15, 0.2) is 0 Å². The van der Waals surface area contributed by atoms with Crippen LogP contribution in [0.25, 0.3) is 0 Å². The van der Waals surface area contributed by atoms with Crippen molar-refractivity contribution in [1.29, 1.82) is 0 Å². The molecule has 7 nitrogen and oxygen atoms in total. The highest BCUT2D eigenvalue weighted by Crippen LogP contribution is 2.33. The second kappa shape index (κ2) is 14.1. The van der Waals surface area contributed by atoms with E-state index >= 15 is 0 Å². The largest absolute Gasteiger partial charge is 0.348 e. The van der Waals surface area contributed by atoms with Crippen LogP contribution in [0.15, 0.2) is 79.4 Å². The molecule has 0 radical (unpaired) electrons. The molecule has 194 valence electrons. The van der Waals surface area contributed by atoms with E-state index in [1.165, 1.54) is 28.8 Å². The number of fused-ring (bicyclic) bond motifs is 1. The summed E-state index contributed by atoms with van der Waals surface area (Å²) in [5.41, 5.74) is 6.33. The number of aromatic amines is 1. The Bertz CT molecular complexity index is 1180. The number of aromatic nitrogens is 4. The molecule has 3 aromatic heterocycles. The Balaban J connectivity index is 0.00000320. The summed E-state index contributed by atoms with van der Waals surface area (Å²) in [5.74, 6) is 0.971. The molecule has 3 N–H and O–H groups in total. The number of imidazole rings is 1. The quantitative estimate of drug-likeness (QED) is 0.217. The molecule has 4 aromatic rings. The molecule has 1 aliphatic rings. The van der Waals surface area contributed by atoms with Crippen molar-refractivity contribution in [2.24, 2.45) is 0 Å². The Labute approximate surface area is 229 Å². The number of hydrogen-bond donors (Lipinski definition) is 3. The van der Waals surface area contributed by atoms with E-state index in [1.54, 1.807) is 6.20 Å². The third-order valence-corrected chi connectivity index (χ3v) is 6.80. The molecule has 0 amide bonds. The summed E-state index contributed by atoms with van der Waals surface area (Å²) in [6, 6.07) is 19.7. The standard InChI is InChI=1S/C29H35N7.BrH/c1-2-13-32-26(7-1)20-31-19-23-9-11-24(12-10-23)22-36(18-17-30-21-28-33-15-16-34-28)27-8-3-5-25-6-4-14-35-29(25)27;/h1-2,4,6-7,9-16,27,30-31H,3,5,8,17-22H2,(H,33,34);1H. The van der Waals surface area contributed by atoms with Crippen molar-refractivity contribution in [3.05, 3.63) is 113 Å². The molecule has 0 aliphatic heterocycles. The van der Waals surface area contributed by atoms with Crippen LogP contribution in [0, 0.1) is 0 Å². The van der Waals surface area contributed by atoms with Gasteiger partial charge in [0.1, 0.15) is 5.82 Å². The van der Waals surface area contributed by atoms with Crippen LogP contribution in [-0.2, 0) is 32.6 Å². The van der Waals surface area contributed by atoms with Crippen LogP contribution >= 0.6 is 17.0 Å². The zero-order chi connectivity index (χ0) is 24.4. The smallest absolute Gasteiger partial charge is 0.120 e. The fraction of sp³-hybridized carbons (Fsp3) is 0.345. The molecule has 0 saturated carbocycles. The number of pyridine rings is 2. The Morgan fingerprint density at radius 2 is 1.70 bits per heavy atom. The lowest BCUT2D eigenvalue weighted by Gasteiger charge is -2.35. The van der Waals surface area contributed by atoms with Gasteiger partial charge in [0.2, 0.25) is 0 Å². The second-order valence-electron chi connectivity index (χ2n) is 9.38. The number of nitrogens with zero attached hydrogens (tertiary/aromatic N) is 4. The Morgan fingerprint density at radius 1 is 0.838 bits per heavy atom. The molecule has 0 spiro atoms. The highest BCUT2D eigenvalue weighted by atomic mass is 79.9. The van der Waals surface area contributed by atoms with Gasteiger partial charge in [0, 0.05) is 57.5 Å². The summed E-state index contributed by atoms with van der Waals surface area (Å²) >= 11 is 0. The number of benzene rings is 1. The minimum atomic E-state index is 0. The maximum absolute atomic E-state index is 4.81. The minimum Gasteiger partial charge on any atom is -0.348 e. The van der Waals surface area contributed by atoms with Crippen LogP contribution in [0.5, 0.6) is 0 Å². The van der Waals surface area contributed by atoms with Gasteiger partial charge in [0.25, 0.3) is 0 Å². The van der Waals surface area contributed by atoms with Crippen molar-refractivity contribution >= 4 is 17.0 Å². The van der Waals surface area contributed by atoms with Crippen molar-refractivity contribution < 1.29 is 0 Å². The Morgan fingerprint density at radius 3 is 2.51 bits per heavy atom. The van der Waals surface area contributed by atoms with Crippen LogP contribution < -0.4 is 10.6 Å². The lowest BCUT2D eigenvalue weighted by molar-refractivity contribution is 0.166. The molecule has 1 aliphatic carbocycles. The number of nitrogens with one attached hydrogen (secondary N) is 3. The van der Waals surface area contributed by atoms with Crippen LogP contribution in [0.4, 0.5) is 0 Å². The predicted molar refractivity (Wildman–Crippen MR) is 152 cm³/mol. The monoisotopic (exact) mass is 561 g/mol. The summed E-state index contributed by atoms with van der Waals surface area (Å²) in [5, 5.41) is 7.03. The van der Waals surface area contributed by atoms with E-state index in [-0.39, 0.29) is 17.0 Å². The van der Waals surface area contributed by atoms with Gasteiger partial charge in [-0.15, -0.1) is 17.0 Å². The third-order valence-electron chi connectivity index (χ3n) is 6.80. The van der Waals surface area contributed by atoms with Crippen LogP contribution in [0.1, 0.15) is 52.8 Å². The first kappa shape index (κ1) is 27.1. The van der Waals surface area contributed by atoms with Gasteiger partial charge in [-0.1, -0.05) is 36.4 Å². The van der Waals surface area contributed by atoms with E-state index in [0.717, 1.165) is 63.6 Å². The number of hydrogen-bond acceptors (Lipinski definition) is 6. The molecule has 8 heteroatoms. The third kappa shape index (κ3) is 7.79. The van der Waals surface area contributed by atoms with Crippen molar-refractivity contribution in [2.45, 2.75) is 51.5 Å². The first-order valence-electron chi connectivity index (χ1n) is 12.9. The second-order valence-corrected chi connectivity index (χ2v) is 9.38. The normalized spacial score (nSPS) is 14.8.